The molecular weight excluding hydrogens is 1050 g/mol. The zero-order valence-electron chi connectivity index (χ0n) is 38.2. The maximum Gasteiger partial charge on any atom is 0.808 e. The van der Waals surface area contributed by atoms with E-state index in [-0.39, 0.29) is 9.49 Å². The zero-order valence-corrected chi connectivity index (χ0v) is 51.0. The van der Waals surface area contributed by atoms with Crippen molar-refractivity contribution >= 4 is 146 Å². The van der Waals surface area contributed by atoms with Crippen LogP contribution in [0.2, 0.25) is 6.04 Å². The SMILES string of the molecule is CCCSS[S+](SC(CSSSSCCC[Si](OCC)(OCC)OCC)(S[S+](SSCCC)[Si](OCC)(OCC)OCC)C12CCC(CC1)C2)[Si](OCC)(OCC)OCC. The van der Waals surface area contributed by atoms with Gasteiger partial charge in [0, 0.05) is 93.9 Å². The summed E-state index contributed by atoms with van der Waals surface area (Å²) >= 11 is 0. The third-order valence-corrected chi connectivity index (χ3v) is 59.0. The van der Waals surface area contributed by atoms with Crippen molar-refractivity contribution in [2.24, 2.45) is 11.3 Å². The maximum absolute atomic E-state index is 6.83. The van der Waals surface area contributed by atoms with Gasteiger partial charge in [-0.3, -0.25) is 0 Å². The molecule has 0 aliphatic heterocycles. The van der Waals surface area contributed by atoms with Gasteiger partial charge in [0.2, 0.25) is 0 Å². The van der Waals surface area contributed by atoms with Crippen LogP contribution in [0.1, 0.15) is 128 Å². The first-order valence-corrected chi connectivity index (χ1v) is 44.7. The minimum absolute atomic E-state index is 0.141. The Morgan fingerprint density at radius 3 is 1.27 bits per heavy atom. The minimum Gasteiger partial charge on any atom is -0.374 e. The van der Waals surface area contributed by atoms with Gasteiger partial charge in [0.05, 0.1) is 0 Å². The lowest BCUT2D eigenvalue weighted by Crippen LogP contribution is -2.56. The first-order valence-electron chi connectivity index (χ1n) is 21.9. The molecule has 2 fully saturated rings. The molecule has 2 aliphatic carbocycles. The second kappa shape index (κ2) is 34.7. The Bertz CT molecular complexity index is 992. The van der Waals surface area contributed by atoms with Crippen molar-refractivity contribution in [3.8, 4) is 0 Å². The summed E-state index contributed by atoms with van der Waals surface area (Å²) in [6.07, 6.45) is 9.57. The van der Waals surface area contributed by atoms with E-state index in [2.05, 4.69) is 77.0 Å². The smallest absolute Gasteiger partial charge is 0.374 e. The highest BCUT2D eigenvalue weighted by Crippen LogP contribution is 2.73. The molecule has 0 aromatic rings. The number of rotatable bonds is 42. The van der Waals surface area contributed by atoms with E-state index in [9.17, 15) is 0 Å². The topological polar surface area (TPSA) is 83.1 Å². The molecule has 24 heteroatoms. The molecule has 0 amide bonds. The largest absolute Gasteiger partial charge is 0.808 e. The van der Waals surface area contributed by atoms with Crippen LogP contribution >= 0.6 is 104 Å². The summed E-state index contributed by atoms with van der Waals surface area (Å²) in [6.45, 7) is 28.4. The van der Waals surface area contributed by atoms with Gasteiger partial charge in [0.1, 0.15) is 21.6 Å². The molecule has 2 bridgehead atoms. The van der Waals surface area contributed by atoms with E-state index in [1.54, 1.807) is 0 Å². The van der Waals surface area contributed by atoms with Gasteiger partial charge in [0.25, 0.3) is 0 Å². The minimum atomic E-state index is -3.17. The molecule has 0 spiro atoms. The molecule has 0 radical (unpaired) electrons. The lowest BCUT2D eigenvalue weighted by molar-refractivity contribution is 0.0712. The van der Waals surface area contributed by atoms with Crippen LogP contribution in [0.25, 0.3) is 0 Å². The molecule has 0 N–H and O–H groups in total. The average molecular weight is 1120 g/mol. The number of hydrogen-bond acceptors (Lipinski definition) is 19. The van der Waals surface area contributed by atoms with Crippen LogP contribution in [0, 0.1) is 11.3 Å². The maximum atomic E-state index is 6.83. The van der Waals surface area contributed by atoms with Crippen LogP contribution in [0.3, 0.4) is 0 Å². The van der Waals surface area contributed by atoms with Gasteiger partial charge >= 0.3 is 24.7 Å². The first kappa shape index (κ1) is 60.6. The summed E-state index contributed by atoms with van der Waals surface area (Å²) in [7, 11) is 10.1. The van der Waals surface area contributed by atoms with Crippen molar-refractivity contribution in [2.75, 3.05) is 82.5 Å². The van der Waals surface area contributed by atoms with E-state index in [1.165, 1.54) is 32.1 Å². The Labute approximate surface area is 412 Å². The van der Waals surface area contributed by atoms with E-state index >= 15 is 0 Å². The van der Waals surface area contributed by atoms with Gasteiger partial charge in [-0.25, -0.2) is 0 Å². The van der Waals surface area contributed by atoms with E-state index in [1.807, 2.05) is 103 Å². The zero-order chi connectivity index (χ0) is 44.2. The average Bonchev–Trinajstić information content (AvgIpc) is 3.86. The highest BCUT2D eigenvalue weighted by molar-refractivity contribution is 9.32. The van der Waals surface area contributed by atoms with Gasteiger partial charge in [-0.2, -0.15) is 0 Å². The van der Waals surface area contributed by atoms with Crippen LogP contribution in [0.15, 0.2) is 0 Å². The van der Waals surface area contributed by atoms with Crippen LogP contribution in [-0.2, 0) is 56.7 Å². The Hall–Kier alpha value is 4.49. The highest BCUT2D eigenvalue weighted by atomic mass is 33.8. The summed E-state index contributed by atoms with van der Waals surface area (Å²) in [4.78, 5) is 0. The fraction of sp³-hybridized carbons (Fsp3) is 1.00. The molecule has 2 saturated carbocycles. The Balaban J connectivity index is 2.67. The normalized spacial score (nSPS) is 20.6. The molecule has 2 rings (SSSR count). The third kappa shape index (κ3) is 19.0. The number of fused-ring (bicyclic) bond motifs is 2. The fourth-order valence-electron chi connectivity index (χ4n) is 7.02. The van der Waals surface area contributed by atoms with E-state index in [4.69, 9.17) is 39.8 Å². The second-order valence-electron chi connectivity index (χ2n) is 13.5. The Morgan fingerprint density at radius 1 is 0.517 bits per heavy atom. The van der Waals surface area contributed by atoms with Crippen molar-refractivity contribution in [3.63, 3.8) is 0 Å². The van der Waals surface area contributed by atoms with Crippen LogP contribution in [0.5, 0.6) is 0 Å². The van der Waals surface area contributed by atoms with Crippen molar-refractivity contribution < 1.29 is 39.8 Å². The fourth-order valence-corrected chi connectivity index (χ4v) is 64.9. The van der Waals surface area contributed by atoms with Crippen LogP contribution in [0.4, 0.5) is 0 Å². The third-order valence-electron chi connectivity index (χ3n) is 9.28. The summed E-state index contributed by atoms with van der Waals surface area (Å²) in [5.74, 6) is 4.91. The van der Waals surface area contributed by atoms with Crippen molar-refractivity contribution in [1.29, 1.82) is 0 Å². The predicted octanol–water partition coefficient (Wildman–Crippen LogP) is 14.4. The quantitative estimate of drug-likeness (QED) is 0.0191. The van der Waals surface area contributed by atoms with Crippen molar-refractivity contribution in [1.82, 2.24) is 0 Å². The summed E-state index contributed by atoms with van der Waals surface area (Å²) in [5, 5.41) is 0. The van der Waals surface area contributed by atoms with Gasteiger partial charge in [-0.05, 0) is 161 Å². The monoisotopic (exact) mass is 1120 g/mol. The molecular formula is C36H78O9S12Si3+2. The van der Waals surface area contributed by atoms with E-state index in [0.717, 1.165) is 54.2 Å². The molecule has 2 atom stereocenters. The Morgan fingerprint density at radius 2 is 0.917 bits per heavy atom. The van der Waals surface area contributed by atoms with Crippen LogP contribution in [-0.4, -0.2) is 111 Å². The van der Waals surface area contributed by atoms with Gasteiger partial charge < -0.3 is 39.8 Å². The molecule has 358 valence electrons. The van der Waals surface area contributed by atoms with Gasteiger partial charge in [-0.15, -0.1) is 0 Å². The standard InChI is InChI=1S/C36H78O9S12Si3/c1-12-28-47-54-56(59(40-17-6,41-18-7)42-19-8)50-36(35-26-24-34(32-35)25-27-35,51-57(55-48-29-13-2)60(43-20-9,44-21-10)45-22-11)33-49-53-52-46-30-23-31-58(37-14-3,38-15-4)39-16-5/h34H,12-33H2,1-11H3/q+2. The second-order valence-corrected chi connectivity index (χ2v) is 50.5. The van der Waals surface area contributed by atoms with Crippen LogP contribution < -0.4 is 0 Å². The lowest BCUT2D eigenvalue weighted by Gasteiger charge is -2.43. The molecule has 0 saturated heterocycles. The molecule has 2 unspecified atom stereocenters. The van der Waals surface area contributed by atoms with Gasteiger partial charge in [0.15, 0.2) is 40.5 Å². The molecule has 9 nitrogen and oxygen atoms in total. The van der Waals surface area contributed by atoms with Crippen molar-refractivity contribution in [2.45, 2.75) is 138 Å². The molecule has 0 aromatic carbocycles. The lowest BCUT2D eigenvalue weighted by atomic mass is 9.81. The van der Waals surface area contributed by atoms with E-state index in [0.29, 0.717) is 59.5 Å². The summed E-state index contributed by atoms with van der Waals surface area (Å²) in [5.41, 5.74) is 0.141. The summed E-state index contributed by atoms with van der Waals surface area (Å²) in [6, 6.07) is 0.844. The summed E-state index contributed by atoms with van der Waals surface area (Å²) < 4.78 is 59.2. The van der Waals surface area contributed by atoms with Crippen molar-refractivity contribution in [3.05, 3.63) is 0 Å². The molecule has 0 aromatic heterocycles. The number of hydrogen-bond donors (Lipinski definition) is 0. The highest BCUT2D eigenvalue weighted by Gasteiger charge is 2.77. The molecule has 0 heterocycles. The molecule has 2 aliphatic rings. The molecule has 60 heavy (non-hydrogen) atoms. The Kier molecular flexibility index (Phi) is 35.1. The van der Waals surface area contributed by atoms with E-state index < -0.39 is 41.5 Å². The first-order chi connectivity index (χ1) is 29.1. The predicted molar refractivity (Wildman–Crippen MR) is 294 cm³/mol. The van der Waals surface area contributed by atoms with Gasteiger partial charge in [-0.1, -0.05) is 35.4 Å².